The van der Waals surface area contributed by atoms with Gasteiger partial charge < -0.3 is 14.1 Å². The van der Waals surface area contributed by atoms with Gasteiger partial charge in [-0.2, -0.15) is 0 Å². The molecule has 0 unspecified atom stereocenters. The predicted molar refractivity (Wildman–Crippen MR) is 147 cm³/mol. The molecule has 0 aliphatic heterocycles. The lowest BCUT2D eigenvalue weighted by molar-refractivity contribution is -0.385. The number of rotatable bonds is 9. The van der Waals surface area contributed by atoms with Crippen LogP contribution >= 0.6 is 15.9 Å². The zero-order chi connectivity index (χ0) is 26.6. The van der Waals surface area contributed by atoms with Gasteiger partial charge in [-0.25, -0.2) is 0 Å². The predicted octanol–water partition coefficient (Wildman–Crippen LogP) is 6.66. The van der Waals surface area contributed by atoms with Crippen LogP contribution in [0.2, 0.25) is 0 Å². The molecule has 5 rings (SSSR count). The van der Waals surface area contributed by atoms with Crippen molar-refractivity contribution in [1.29, 1.82) is 0 Å². The van der Waals surface area contributed by atoms with E-state index in [1.165, 1.54) is 23.1 Å². The quantitative estimate of drug-likeness (QED) is 0.111. The first kappa shape index (κ1) is 25.2. The summed E-state index contributed by atoms with van der Waals surface area (Å²) in [6, 6.07) is 26.1. The summed E-state index contributed by atoms with van der Waals surface area (Å²) < 4.78 is 12.1. The summed E-state index contributed by atoms with van der Waals surface area (Å²) in [5.74, 6) is -0.200. The first-order valence-electron chi connectivity index (χ1n) is 11.8. The van der Waals surface area contributed by atoms with E-state index in [1.807, 2.05) is 36.4 Å². The molecule has 38 heavy (non-hydrogen) atoms. The highest BCUT2D eigenvalue weighted by Crippen LogP contribution is 2.31. The number of hydrogen-bond acceptors (Lipinski definition) is 6. The second-order valence-corrected chi connectivity index (χ2v) is 9.40. The standard InChI is InChI=1S/C29H21BrN2O6/c30-24-13-10-20(16-25(24)32(35)36)26(33)18-31(29(34)19-6-2-1-3-7-19)14-15-37-21-11-12-23-22-8-4-5-9-27(22)38-28(23)17-21/h1-13,16-17H,14-15,18H2. The molecule has 8 nitrogen and oxygen atoms in total. The normalized spacial score (nSPS) is 11.0. The van der Waals surface area contributed by atoms with Crippen molar-refractivity contribution in [1.82, 2.24) is 4.90 Å². The summed E-state index contributed by atoms with van der Waals surface area (Å²) in [6.07, 6.45) is 0. The number of ketones is 1. The number of furan rings is 1. The Balaban J connectivity index is 1.33. The van der Waals surface area contributed by atoms with Gasteiger partial charge in [0.25, 0.3) is 11.6 Å². The molecule has 0 aliphatic carbocycles. The number of para-hydroxylation sites is 1. The Labute approximate surface area is 225 Å². The van der Waals surface area contributed by atoms with E-state index in [0.29, 0.717) is 16.9 Å². The van der Waals surface area contributed by atoms with E-state index in [0.717, 1.165) is 16.4 Å². The van der Waals surface area contributed by atoms with Gasteiger partial charge in [-0.15, -0.1) is 0 Å². The van der Waals surface area contributed by atoms with Crippen LogP contribution in [0.4, 0.5) is 5.69 Å². The van der Waals surface area contributed by atoms with Crippen LogP contribution in [0.15, 0.2) is 99.9 Å². The molecule has 1 heterocycles. The van der Waals surface area contributed by atoms with Crippen molar-refractivity contribution in [2.45, 2.75) is 0 Å². The van der Waals surface area contributed by atoms with E-state index in [1.54, 1.807) is 36.4 Å². The largest absolute Gasteiger partial charge is 0.492 e. The molecule has 0 saturated carbocycles. The number of nitrogens with zero attached hydrogens (tertiary/aromatic N) is 2. The minimum atomic E-state index is -0.569. The molecule has 0 spiro atoms. The molecule has 0 saturated heterocycles. The molecule has 1 amide bonds. The van der Waals surface area contributed by atoms with Crippen LogP contribution in [0.5, 0.6) is 5.75 Å². The summed E-state index contributed by atoms with van der Waals surface area (Å²) in [4.78, 5) is 38.4. The number of ether oxygens (including phenoxy) is 1. The number of hydrogen-bond donors (Lipinski definition) is 0. The van der Waals surface area contributed by atoms with E-state index in [4.69, 9.17) is 9.15 Å². The van der Waals surface area contributed by atoms with Gasteiger partial charge >= 0.3 is 0 Å². The number of fused-ring (bicyclic) bond motifs is 3. The van der Waals surface area contributed by atoms with Crippen LogP contribution in [0.25, 0.3) is 21.9 Å². The van der Waals surface area contributed by atoms with Crippen molar-refractivity contribution in [3.05, 3.63) is 117 Å². The highest BCUT2D eigenvalue weighted by atomic mass is 79.9. The van der Waals surface area contributed by atoms with Crippen LogP contribution in [0.3, 0.4) is 0 Å². The smallest absolute Gasteiger partial charge is 0.284 e. The summed E-state index contributed by atoms with van der Waals surface area (Å²) >= 11 is 3.13. The molecule has 0 fully saturated rings. The van der Waals surface area contributed by atoms with E-state index < -0.39 is 10.7 Å². The molecule has 190 valence electrons. The van der Waals surface area contributed by atoms with Gasteiger partial charge in [0.1, 0.15) is 23.5 Å². The van der Waals surface area contributed by atoms with Crippen LogP contribution in [-0.4, -0.2) is 41.2 Å². The number of benzene rings is 4. The van der Waals surface area contributed by atoms with Crippen LogP contribution in [-0.2, 0) is 0 Å². The number of carbonyl (C=O) groups is 2. The number of amides is 1. The van der Waals surface area contributed by atoms with Gasteiger partial charge in [0.2, 0.25) is 0 Å². The minimum Gasteiger partial charge on any atom is -0.492 e. The second-order valence-electron chi connectivity index (χ2n) is 8.54. The topological polar surface area (TPSA) is 103 Å². The lowest BCUT2D eigenvalue weighted by Gasteiger charge is -2.22. The third-order valence-corrected chi connectivity index (χ3v) is 6.76. The average Bonchev–Trinajstić information content (AvgIpc) is 3.30. The highest BCUT2D eigenvalue weighted by molar-refractivity contribution is 9.10. The van der Waals surface area contributed by atoms with Gasteiger partial charge in [0.05, 0.1) is 22.5 Å². The molecule has 0 radical (unpaired) electrons. The molecule has 0 aliphatic rings. The number of carbonyl (C=O) groups excluding carboxylic acids is 2. The maximum atomic E-state index is 13.2. The zero-order valence-corrected chi connectivity index (χ0v) is 21.6. The average molecular weight is 573 g/mol. The minimum absolute atomic E-state index is 0.121. The fourth-order valence-electron chi connectivity index (χ4n) is 4.18. The fourth-order valence-corrected chi connectivity index (χ4v) is 4.57. The molecule has 0 N–H and O–H groups in total. The molecular weight excluding hydrogens is 552 g/mol. The van der Waals surface area contributed by atoms with Gasteiger partial charge in [-0.3, -0.25) is 19.7 Å². The Bertz CT molecular complexity index is 1660. The Morgan fingerprint density at radius 2 is 1.61 bits per heavy atom. The van der Waals surface area contributed by atoms with E-state index in [2.05, 4.69) is 15.9 Å². The first-order chi connectivity index (χ1) is 18.4. The Morgan fingerprint density at radius 1 is 0.868 bits per heavy atom. The Hall–Kier alpha value is -4.50. The fraction of sp³-hybridized carbons (Fsp3) is 0.103. The maximum Gasteiger partial charge on any atom is 0.284 e. The van der Waals surface area contributed by atoms with Gasteiger partial charge in [0, 0.05) is 34.0 Å². The van der Waals surface area contributed by atoms with Crippen LogP contribution in [0, 0.1) is 10.1 Å². The third kappa shape index (κ3) is 5.28. The van der Waals surface area contributed by atoms with Crippen molar-refractivity contribution in [3.63, 3.8) is 0 Å². The lowest BCUT2D eigenvalue weighted by Crippen LogP contribution is -2.38. The maximum absolute atomic E-state index is 13.2. The molecule has 0 atom stereocenters. The van der Waals surface area contributed by atoms with E-state index in [9.17, 15) is 19.7 Å². The molecular formula is C29H21BrN2O6. The number of nitro benzene ring substituents is 1. The monoisotopic (exact) mass is 572 g/mol. The third-order valence-electron chi connectivity index (χ3n) is 6.09. The van der Waals surface area contributed by atoms with Crippen LogP contribution < -0.4 is 4.74 Å². The van der Waals surface area contributed by atoms with Gasteiger partial charge in [-0.05, 0) is 58.4 Å². The molecule has 0 bridgehead atoms. The number of Topliss-reactive ketones (excluding diaryl/α,β-unsaturated/α-hetero) is 1. The van der Waals surface area contributed by atoms with Crippen LogP contribution in [0.1, 0.15) is 20.7 Å². The lowest BCUT2D eigenvalue weighted by atomic mass is 10.1. The van der Waals surface area contributed by atoms with Crippen molar-refractivity contribution in [2.75, 3.05) is 19.7 Å². The Morgan fingerprint density at radius 3 is 2.39 bits per heavy atom. The summed E-state index contributed by atoms with van der Waals surface area (Å²) in [5.41, 5.74) is 1.81. The summed E-state index contributed by atoms with van der Waals surface area (Å²) in [6.45, 7) is -0.0210. The van der Waals surface area contributed by atoms with Crippen molar-refractivity contribution < 1.29 is 23.7 Å². The SMILES string of the molecule is O=C(CN(CCOc1ccc2c(c1)oc1ccccc12)C(=O)c1ccccc1)c1ccc(Br)c([N+](=O)[O-])c1. The summed E-state index contributed by atoms with van der Waals surface area (Å²) in [7, 11) is 0. The van der Waals surface area contributed by atoms with Gasteiger partial charge in [-0.1, -0.05) is 36.4 Å². The van der Waals surface area contributed by atoms with E-state index in [-0.39, 0.29) is 41.3 Å². The van der Waals surface area contributed by atoms with Crippen molar-refractivity contribution >= 4 is 55.2 Å². The Kier molecular flexibility index (Phi) is 7.19. The molecule has 9 heteroatoms. The summed E-state index contributed by atoms with van der Waals surface area (Å²) in [5, 5.41) is 13.3. The second kappa shape index (κ2) is 10.9. The zero-order valence-electron chi connectivity index (χ0n) is 20.0. The molecule has 5 aromatic rings. The number of halogens is 1. The first-order valence-corrected chi connectivity index (χ1v) is 12.6. The highest BCUT2D eigenvalue weighted by Gasteiger charge is 2.22. The van der Waals surface area contributed by atoms with E-state index >= 15 is 0 Å². The molecule has 1 aromatic heterocycles. The number of nitro groups is 1. The van der Waals surface area contributed by atoms with Crippen molar-refractivity contribution in [3.8, 4) is 5.75 Å². The van der Waals surface area contributed by atoms with Gasteiger partial charge in [0.15, 0.2) is 5.78 Å². The van der Waals surface area contributed by atoms with Crippen molar-refractivity contribution in [2.24, 2.45) is 0 Å². The molecule has 4 aromatic carbocycles.